The highest BCUT2D eigenvalue weighted by molar-refractivity contribution is 9.13. The Bertz CT molecular complexity index is 537. The number of aromatic hydroxyl groups is 1. The first-order chi connectivity index (χ1) is 9.18. The third-order valence-electron chi connectivity index (χ3n) is 3.22. The lowest BCUT2D eigenvalue weighted by Crippen LogP contribution is -2.37. The number of hydrogen-bond acceptors (Lipinski definition) is 5. The topological polar surface area (TPSA) is 81.8 Å². The molecular formula is C13H18Br2ClNO4. The second kappa shape index (κ2) is 7.67. The standard InChI is InChI=1S/C13H17Br2NO4.ClH/c1-13(2,12(18)20-4)11(16)6-5-7(19-3)10(17)9(15)8(6)14;/h5,11,17H,16H2,1-4H3;1H/t11-;/m0./s1. The van der Waals surface area contributed by atoms with Crippen molar-refractivity contribution >= 4 is 50.2 Å². The van der Waals surface area contributed by atoms with Gasteiger partial charge in [-0.1, -0.05) is 0 Å². The maximum atomic E-state index is 11.9. The van der Waals surface area contributed by atoms with Gasteiger partial charge in [0, 0.05) is 10.5 Å². The molecule has 0 aliphatic heterocycles. The molecule has 0 aromatic heterocycles. The summed E-state index contributed by atoms with van der Waals surface area (Å²) in [5.74, 6) is -0.183. The maximum absolute atomic E-state index is 11.9. The first-order valence-electron chi connectivity index (χ1n) is 5.77. The fraction of sp³-hybridized carbons (Fsp3) is 0.462. The molecule has 0 radical (unpaired) electrons. The Balaban J connectivity index is 0.00000400. The van der Waals surface area contributed by atoms with E-state index in [0.717, 1.165) is 0 Å². The summed E-state index contributed by atoms with van der Waals surface area (Å²) in [5, 5.41) is 9.91. The van der Waals surface area contributed by atoms with E-state index < -0.39 is 17.4 Å². The molecule has 0 bridgehead atoms. The van der Waals surface area contributed by atoms with Crippen LogP contribution in [0.1, 0.15) is 25.5 Å². The molecule has 1 rings (SSSR count). The van der Waals surface area contributed by atoms with Crippen LogP contribution in [0.25, 0.3) is 0 Å². The molecule has 0 aliphatic rings. The van der Waals surface area contributed by atoms with Crippen molar-refractivity contribution < 1.29 is 19.4 Å². The fourth-order valence-electron chi connectivity index (χ4n) is 1.77. The Hall–Kier alpha value is -0.500. The van der Waals surface area contributed by atoms with E-state index in [0.29, 0.717) is 14.5 Å². The Morgan fingerprint density at radius 1 is 1.33 bits per heavy atom. The van der Waals surface area contributed by atoms with Crippen LogP contribution in [0, 0.1) is 5.41 Å². The first-order valence-corrected chi connectivity index (χ1v) is 7.35. The Morgan fingerprint density at radius 2 is 1.86 bits per heavy atom. The molecule has 1 aromatic rings. The van der Waals surface area contributed by atoms with Crippen LogP contribution in [0.15, 0.2) is 15.0 Å². The highest BCUT2D eigenvalue weighted by Crippen LogP contribution is 2.46. The molecule has 0 amide bonds. The summed E-state index contributed by atoms with van der Waals surface area (Å²) < 4.78 is 10.9. The van der Waals surface area contributed by atoms with Gasteiger partial charge in [-0.2, -0.15) is 0 Å². The third kappa shape index (κ3) is 3.83. The van der Waals surface area contributed by atoms with Crippen LogP contribution in [0.3, 0.4) is 0 Å². The molecular weight excluding hydrogens is 429 g/mol. The fourth-order valence-corrected chi connectivity index (χ4v) is 2.75. The van der Waals surface area contributed by atoms with Crippen molar-refractivity contribution in [3.8, 4) is 11.5 Å². The molecule has 0 saturated heterocycles. The summed E-state index contributed by atoms with van der Waals surface area (Å²) in [4.78, 5) is 11.9. The van der Waals surface area contributed by atoms with E-state index in [1.54, 1.807) is 19.9 Å². The Morgan fingerprint density at radius 3 is 2.29 bits per heavy atom. The Kier molecular flexibility index (Phi) is 7.49. The lowest BCUT2D eigenvalue weighted by atomic mass is 9.81. The molecule has 8 heteroatoms. The maximum Gasteiger partial charge on any atom is 0.313 e. The number of ether oxygens (including phenoxy) is 2. The molecule has 0 aliphatic carbocycles. The van der Waals surface area contributed by atoms with Gasteiger partial charge >= 0.3 is 5.97 Å². The molecule has 0 heterocycles. The van der Waals surface area contributed by atoms with Crippen molar-refractivity contribution in [2.24, 2.45) is 11.1 Å². The number of carbonyl (C=O) groups excluding carboxylic acids is 1. The number of nitrogens with two attached hydrogens (primary N) is 1. The van der Waals surface area contributed by atoms with Crippen molar-refractivity contribution in [2.75, 3.05) is 14.2 Å². The summed E-state index contributed by atoms with van der Waals surface area (Å²) in [7, 11) is 2.76. The lowest BCUT2D eigenvalue weighted by Gasteiger charge is -2.30. The van der Waals surface area contributed by atoms with Crippen LogP contribution in [0.5, 0.6) is 11.5 Å². The van der Waals surface area contributed by atoms with Crippen LogP contribution < -0.4 is 10.5 Å². The second-order valence-corrected chi connectivity index (χ2v) is 6.42. The molecule has 3 N–H and O–H groups in total. The Labute approximate surface area is 146 Å². The molecule has 120 valence electrons. The highest BCUT2D eigenvalue weighted by Gasteiger charge is 2.38. The number of phenolic OH excluding ortho intramolecular Hbond substituents is 1. The number of esters is 1. The van der Waals surface area contributed by atoms with Crippen molar-refractivity contribution in [1.29, 1.82) is 0 Å². The van der Waals surface area contributed by atoms with Gasteiger partial charge in [0.25, 0.3) is 0 Å². The molecule has 0 fully saturated rings. The summed E-state index contributed by atoms with van der Waals surface area (Å²) in [5.41, 5.74) is 5.90. The van der Waals surface area contributed by atoms with Crippen molar-refractivity contribution in [3.05, 3.63) is 20.6 Å². The number of benzene rings is 1. The van der Waals surface area contributed by atoms with E-state index in [4.69, 9.17) is 15.2 Å². The third-order valence-corrected chi connectivity index (χ3v) is 5.38. The number of hydrogen-bond donors (Lipinski definition) is 2. The van der Waals surface area contributed by atoms with Gasteiger partial charge < -0.3 is 20.3 Å². The van der Waals surface area contributed by atoms with Crippen LogP contribution in [-0.2, 0) is 9.53 Å². The minimum atomic E-state index is -0.932. The molecule has 0 spiro atoms. The van der Waals surface area contributed by atoms with Gasteiger partial charge in [0.15, 0.2) is 11.5 Å². The zero-order valence-electron chi connectivity index (χ0n) is 12.1. The number of halogens is 3. The average Bonchev–Trinajstić information content (AvgIpc) is 2.43. The van der Waals surface area contributed by atoms with E-state index in [1.165, 1.54) is 14.2 Å². The number of carbonyl (C=O) groups is 1. The monoisotopic (exact) mass is 445 g/mol. The van der Waals surface area contributed by atoms with Gasteiger partial charge in [0.2, 0.25) is 0 Å². The lowest BCUT2D eigenvalue weighted by molar-refractivity contribution is -0.152. The number of phenols is 1. The number of methoxy groups -OCH3 is 2. The van der Waals surface area contributed by atoms with Crippen LogP contribution in [-0.4, -0.2) is 25.3 Å². The van der Waals surface area contributed by atoms with Gasteiger partial charge in [-0.3, -0.25) is 4.79 Å². The van der Waals surface area contributed by atoms with Gasteiger partial charge in [-0.15, -0.1) is 12.4 Å². The molecule has 0 unspecified atom stereocenters. The predicted molar refractivity (Wildman–Crippen MR) is 90.0 cm³/mol. The highest BCUT2D eigenvalue weighted by atomic mass is 79.9. The summed E-state index contributed by atoms with van der Waals surface area (Å²) >= 11 is 6.63. The van der Waals surface area contributed by atoms with Crippen LogP contribution in [0.4, 0.5) is 0 Å². The zero-order chi connectivity index (χ0) is 15.7. The normalized spacial score (nSPS) is 12.3. The minimum absolute atomic E-state index is 0. The second-order valence-electron chi connectivity index (χ2n) is 4.84. The summed E-state index contributed by atoms with van der Waals surface area (Å²) in [6.07, 6.45) is 0. The molecule has 1 aromatic carbocycles. The average molecular weight is 448 g/mol. The number of rotatable bonds is 4. The molecule has 0 saturated carbocycles. The van der Waals surface area contributed by atoms with Crippen molar-refractivity contribution in [2.45, 2.75) is 19.9 Å². The van der Waals surface area contributed by atoms with E-state index in [1.807, 2.05) is 0 Å². The van der Waals surface area contributed by atoms with Crippen LogP contribution in [0.2, 0.25) is 0 Å². The summed E-state index contributed by atoms with van der Waals surface area (Å²) in [6, 6.07) is 0.953. The van der Waals surface area contributed by atoms with Crippen molar-refractivity contribution in [3.63, 3.8) is 0 Å². The molecule has 5 nitrogen and oxygen atoms in total. The van der Waals surface area contributed by atoms with Gasteiger partial charge in [-0.25, -0.2) is 0 Å². The first kappa shape index (κ1) is 20.5. The smallest absolute Gasteiger partial charge is 0.313 e. The largest absolute Gasteiger partial charge is 0.503 e. The van der Waals surface area contributed by atoms with Gasteiger partial charge in [0.05, 0.1) is 24.1 Å². The van der Waals surface area contributed by atoms with Crippen LogP contribution >= 0.6 is 44.3 Å². The van der Waals surface area contributed by atoms with Gasteiger partial charge in [0.1, 0.15) is 0 Å². The van der Waals surface area contributed by atoms with E-state index in [9.17, 15) is 9.90 Å². The minimum Gasteiger partial charge on any atom is -0.503 e. The SMILES string of the molecule is COC(=O)C(C)(C)[C@@H](N)c1cc(OC)c(O)c(Br)c1Br.Cl. The zero-order valence-corrected chi connectivity index (χ0v) is 16.1. The molecule has 21 heavy (non-hydrogen) atoms. The van der Waals surface area contributed by atoms with E-state index in [-0.39, 0.29) is 23.9 Å². The quantitative estimate of drug-likeness (QED) is 0.690. The predicted octanol–water partition coefficient (Wildman–Crippen LogP) is 3.55. The van der Waals surface area contributed by atoms with E-state index >= 15 is 0 Å². The van der Waals surface area contributed by atoms with Gasteiger partial charge in [-0.05, 0) is 57.3 Å². The molecule has 1 atom stereocenters. The van der Waals surface area contributed by atoms with Crippen molar-refractivity contribution in [1.82, 2.24) is 0 Å². The van der Waals surface area contributed by atoms with E-state index in [2.05, 4.69) is 31.9 Å². The summed E-state index contributed by atoms with van der Waals surface area (Å²) in [6.45, 7) is 3.40.